The van der Waals surface area contributed by atoms with Gasteiger partial charge in [-0.3, -0.25) is 14.8 Å². The first-order valence-electron chi connectivity index (χ1n) is 12.0. The van der Waals surface area contributed by atoms with E-state index in [1.807, 2.05) is 41.4 Å². The third-order valence-corrected chi connectivity index (χ3v) is 7.04. The van der Waals surface area contributed by atoms with Gasteiger partial charge in [-0.05, 0) is 55.4 Å². The number of amides is 1. The zero-order valence-corrected chi connectivity index (χ0v) is 19.9. The monoisotopic (exact) mass is 476 g/mol. The van der Waals surface area contributed by atoms with Crippen LogP contribution in [-0.4, -0.2) is 50.4 Å². The van der Waals surface area contributed by atoms with Crippen LogP contribution in [0, 0.1) is 5.92 Å². The number of rotatable bonds is 6. The fourth-order valence-corrected chi connectivity index (χ4v) is 5.27. The van der Waals surface area contributed by atoms with Crippen LogP contribution >= 0.6 is 11.6 Å². The first-order chi connectivity index (χ1) is 16.7. The van der Waals surface area contributed by atoms with Crippen molar-refractivity contribution in [2.75, 3.05) is 24.5 Å². The lowest BCUT2D eigenvalue weighted by molar-refractivity contribution is -0.133. The fourth-order valence-electron chi connectivity index (χ4n) is 5.05. The summed E-state index contributed by atoms with van der Waals surface area (Å²) in [6, 6.07) is 9.66. The van der Waals surface area contributed by atoms with E-state index in [0.29, 0.717) is 18.8 Å². The van der Waals surface area contributed by atoms with Crippen LogP contribution in [0.25, 0.3) is 0 Å². The molecule has 2 saturated heterocycles. The van der Waals surface area contributed by atoms with E-state index >= 15 is 0 Å². The molecule has 1 atom stereocenters. The molecule has 34 heavy (non-hydrogen) atoms. The molecule has 3 aromatic rings. The topological polar surface area (TPSA) is 75.1 Å². The maximum absolute atomic E-state index is 13.3. The highest BCUT2D eigenvalue weighted by molar-refractivity contribution is 6.30. The minimum atomic E-state index is 0.0112. The molecule has 2 aliphatic rings. The smallest absolute Gasteiger partial charge is 0.225 e. The molecule has 0 saturated carbocycles. The highest BCUT2D eigenvalue weighted by atomic mass is 35.5. The normalized spacial score (nSPS) is 18.9. The van der Waals surface area contributed by atoms with Crippen molar-refractivity contribution in [1.82, 2.24) is 24.8 Å². The van der Waals surface area contributed by atoms with Crippen molar-refractivity contribution in [3.8, 4) is 0 Å². The van der Waals surface area contributed by atoms with E-state index in [-0.39, 0.29) is 11.9 Å². The molecule has 0 aliphatic carbocycles. The molecule has 0 radical (unpaired) electrons. The molecule has 7 nitrogen and oxygen atoms in total. The molecular weight excluding hydrogens is 448 g/mol. The van der Waals surface area contributed by atoms with Gasteiger partial charge in [-0.25, -0.2) is 9.97 Å². The number of likely N-dealkylation sites (tertiary alicyclic amines) is 1. The highest BCUT2D eigenvalue weighted by Crippen LogP contribution is 2.33. The Morgan fingerprint density at radius 2 is 1.85 bits per heavy atom. The first kappa shape index (κ1) is 22.7. The van der Waals surface area contributed by atoms with Crippen LogP contribution in [0.2, 0.25) is 5.02 Å². The molecule has 0 unspecified atom stereocenters. The molecule has 0 spiro atoms. The standard InChI is InChI=1S/C26H29ClN6O/c27-21-5-1-4-20(14-21)15-22-17-28-18-23(31-22)24-6-2-11-33(24)25(34)16-19-7-12-32(13-8-19)26-29-9-3-10-30-26/h1,3-5,9-10,14,17-19,24H,2,6-8,11-13,15-16H2/t24-/m0/s1. The van der Waals surface area contributed by atoms with Gasteiger partial charge >= 0.3 is 0 Å². The van der Waals surface area contributed by atoms with Gasteiger partial charge in [0.15, 0.2) is 0 Å². The van der Waals surface area contributed by atoms with E-state index in [9.17, 15) is 4.79 Å². The minimum absolute atomic E-state index is 0.0112. The van der Waals surface area contributed by atoms with Crippen LogP contribution in [0.4, 0.5) is 5.95 Å². The Bertz CT molecular complexity index is 1120. The van der Waals surface area contributed by atoms with Crippen molar-refractivity contribution >= 4 is 23.5 Å². The van der Waals surface area contributed by atoms with Crippen molar-refractivity contribution in [2.24, 2.45) is 5.92 Å². The SMILES string of the molecule is O=C(CC1CCN(c2ncccn2)CC1)N1CCC[C@H]1c1cncc(Cc2cccc(Cl)c2)n1. The minimum Gasteiger partial charge on any atom is -0.341 e. The summed E-state index contributed by atoms with van der Waals surface area (Å²) in [6.07, 6.45) is 12.3. The number of piperidine rings is 1. The molecule has 4 heterocycles. The second-order valence-electron chi connectivity index (χ2n) is 9.17. The van der Waals surface area contributed by atoms with Crippen LogP contribution in [0.5, 0.6) is 0 Å². The molecule has 1 aromatic carbocycles. The van der Waals surface area contributed by atoms with Crippen LogP contribution in [-0.2, 0) is 11.2 Å². The van der Waals surface area contributed by atoms with Crippen molar-refractivity contribution in [3.63, 3.8) is 0 Å². The van der Waals surface area contributed by atoms with E-state index in [1.54, 1.807) is 18.6 Å². The Morgan fingerprint density at radius 3 is 2.65 bits per heavy atom. The number of anilines is 1. The second-order valence-corrected chi connectivity index (χ2v) is 9.61. The van der Waals surface area contributed by atoms with E-state index < -0.39 is 0 Å². The van der Waals surface area contributed by atoms with Crippen LogP contribution in [0.3, 0.4) is 0 Å². The molecule has 5 rings (SSSR count). The predicted molar refractivity (Wildman–Crippen MR) is 132 cm³/mol. The largest absolute Gasteiger partial charge is 0.341 e. The molecule has 0 bridgehead atoms. The molecule has 2 aromatic heterocycles. The fraction of sp³-hybridized carbons (Fsp3) is 0.423. The predicted octanol–water partition coefficient (Wildman–Crippen LogP) is 4.48. The highest BCUT2D eigenvalue weighted by Gasteiger charge is 2.33. The van der Waals surface area contributed by atoms with E-state index in [0.717, 1.165) is 73.2 Å². The van der Waals surface area contributed by atoms with E-state index in [2.05, 4.69) is 19.9 Å². The summed E-state index contributed by atoms with van der Waals surface area (Å²) < 4.78 is 0. The third kappa shape index (κ3) is 5.36. The van der Waals surface area contributed by atoms with E-state index in [1.165, 1.54) is 0 Å². The number of carbonyl (C=O) groups excluding carboxylic acids is 1. The van der Waals surface area contributed by atoms with Crippen molar-refractivity contribution in [1.29, 1.82) is 0 Å². The zero-order valence-electron chi connectivity index (χ0n) is 19.2. The van der Waals surface area contributed by atoms with E-state index in [4.69, 9.17) is 16.6 Å². The maximum atomic E-state index is 13.3. The first-order valence-corrected chi connectivity index (χ1v) is 12.4. The van der Waals surface area contributed by atoms with Gasteiger partial charge in [-0.2, -0.15) is 0 Å². The Labute approximate surface area is 205 Å². The summed E-state index contributed by atoms with van der Waals surface area (Å²) in [4.78, 5) is 35.6. The Kier molecular flexibility index (Phi) is 7.00. The third-order valence-electron chi connectivity index (χ3n) is 6.80. The van der Waals surface area contributed by atoms with Gasteiger partial charge in [-0.15, -0.1) is 0 Å². The summed E-state index contributed by atoms with van der Waals surface area (Å²) in [5.74, 6) is 1.41. The summed E-state index contributed by atoms with van der Waals surface area (Å²) in [7, 11) is 0. The maximum Gasteiger partial charge on any atom is 0.225 e. The quantitative estimate of drug-likeness (QED) is 0.522. The molecular formula is C26H29ClN6O. The molecule has 8 heteroatoms. The van der Waals surface area contributed by atoms with Gasteiger partial charge in [0.1, 0.15) is 0 Å². The zero-order chi connectivity index (χ0) is 23.3. The summed E-state index contributed by atoms with van der Waals surface area (Å²) in [5.41, 5.74) is 2.89. The van der Waals surface area contributed by atoms with Gasteiger partial charge in [0.2, 0.25) is 11.9 Å². The number of hydrogen-bond donors (Lipinski definition) is 0. The van der Waals surface area contributed by atoms with Crippen LogP contribution < -0.4 is 4.90 Å². The van der Waals surface area contributed by atoms with Gasteiger partial charge in [0.25, 0.3) is 0 Å². The average Bonchev–Trinajstić information content (AvgIpc) is 3.36. The van der Waals surface area contributed by atoms with Crippen molar-refractivity contribution in [2.45, 2.75) is 44.6 Å². The number of aromatic nitrogens is 4. The van der Waals surface area contributed by atoms with Gasteiger partial charge in [-0.1, -0.05) is 23.7 Å². The number of nitrogens with zero attached hydrogens (tertiary/aromatic N) is 6. The second kappa shape index (κ2) is 10.5. The van der Waals surface area contributed by atoms with Gasteiger partial charge in [0.05, 0.1) is 23.6 Å². The summed E-state index contributed by atoms with van der Waals surface area (Å²) in [6.45, 7) is 2.57. The Hall–Kier alpha value is -3.06. The Balaban J connectivity index is 1.20. The van der Waals surface area contributed by atoms with Crippen LogP contribution in [0.15, 0.2) is 55.1 Å². The molecule has 176 valence electrons. The molecule has 2 fully saturated rings. The molecule has 2 aliphatic heterocycles. The Morgan fingerprint density at radius 1 is 1.03 bits per heavy atom. The lowest BCUT2D eigenvalue weighted by atomic mass is 9.93. The number of hydrogen-bond acceptors (Lipinski definition) is 6. The lowest BCUT2D eigenvalue weighted by Crippen LogP contribution is -2.38. The average molecular weight is 477 g/mol. The number of carbonyl (C=O) groups is 1. The summed E-state index contributed by atoms with van der Waals surface area (Å²) in [5, 5.41) is 0.719. The van der Waals surface area contributed by atoms with Gasteiger partial charge in [0, 0.05) is 56.1 Å². The van der Waals surface area contributed by atoms with Crippen LogP contribution in [0.1, 0.15) is 55.1 Å². The van der Waals surface area contributed by atoms with Gasteiger partial charge < -0.3 is 9.80 Å². The molecule has 1 amide bonds. The van der Waals surface area contributed by atoms with Crippen molar-refractivity contribution < 1.29 is 4.79 Å². The number of benzene rings is 1. The summed E-state index contributed by atoms with van der Waals surface area (Å²) >= 11 is 6.13. The van der Waals surface area contributed by atoms with Crippen molar-refractivity contribution in [3.05, 3.63) is 77.1 Å². The molecule has 0 N–H and O–H groups in total. The lowest BCUT2D eigenvalue weighted by Gasteiger charge is -2.33. The number of halogens is 1.